The lowest BCUT2D eigenvalue weighted by molar-refractivity contribution is -0.139. The van der Waals surface area contributed by atoms with Gasteiger partial charge in [0.2, 0.25) is 0 Å². The standard InChI is InChI=1S/C16H24N4O3/c1-10-5-14(18-19(10)2)16(23)17-12-6-13(7-12)20(9-15(21)22)8-11-3-4-11/h5,11-13H,3-4,6-9H2,1-2H3,(H,17,23)(H,21,22). The fraction of sp³-hybridized carbons (Fsp3) is 0.688. The molecule has 1 heterocycles. The van der Waals surface area contributed by atoms with Crippen molar-refractivity contribution in [2.75, 3.05) is 13.1 Å². The zero-order valence-corrected chi connectivity index (χ0v) is 13.7. The summed E-state index contributed by atoms with van der Waals surface area (Å²) in [6.45, 7) is 2.88. The minimum atomic E-state index is -0.776. The summed E-state index contributed by atoms with van der Waals surface area (Å²) in [6.07, 6.45) is 4.05. The Kier molecular flexibility index (Phi) is 4.39. The Balaban J connectivity index is 1.49. The maximum atomic E-state index is 12.2. The third-order valence-electron chi connectivity index (χ3n) is 4.84. The van der Waals surface area contributed by atoms with E-state index < -0.39 is 5.97 Å². The molecule has 2 fully saturated rings. The van der Waals surface area contributed by atoms with Gasteiger partial charge in [-0.05, 0) is 44.6 Å². The van der Waals surface area contributed by atoms with Gasteiger partial charge >= 0.3 is 5.97 Å². The predicted molar refractivity (Wildman–Crippen MR) is 84.2 cm³/mol. The fourth-order valence-electron chi connectivity index (χ4n) is 3.08. The third-order valence-corrected chi connectivity index (χ3v) is 4.84. The zero-order valence-electron chi connectivity index (χ0n) is 13.7. The first kappa shape index (κ1) is 16.0. The highest BCUT2D eigenvalue weighted by Gasteiger charge is 2.37. The second-order valence-electron chi connectivity index (χ2n) is 6.86. The largest absolute Gasteiger partial charge is 0.480 e. The van der Waals surface area contributed by atoms with Crippen LogP contribution in [0.15, 0.2) is 6.07 Å². The Morgan fingerprint density at radius 1 is 1.43 bits per heavy atom. The molecule has 0 aromatic carbocycles. The van der Waals surface area contributed by atoms with Crippen LogP contribution in [0, 0.1) is 12.8 Å². The monoisotopic (exact) mass is 320 g/mol. The summed E-state index contributed by atoms with van der Waals surface area (Å²) in [6, 6.07) is 2.16. The molecular weight excluding hydrogens is 296 g/mol. The molecular formula is C16H24N4O3. The fourth-order valence-corrected chi connectivity index (χ4v) is 3.08. The van der Waals surface area contributed by atoms with E-state index in [0.29, 0.717) is 11.6 Å². The van der Waals surface area contributed by atoms with Crippen molar-refractivity contribution in [3.05, 3.63) is 17.5 Å². The molecule has 2 aliphatic carbocycles. The van der Waals surface area contributed by atoms with Crippen LogP contribution in [0.1, 0.15) is 41.9 Å². The molecule has 1 aromatic rings. The first-order chi connectivity index (χ1) is 10.9. The molecule has 0 radical (unpaired) electrons. The number of carboxylic acid groups (broad SMARTS) is 1. The van der Waals surface area contributed by atoms with Gasteiger partial charge in [-0.2, -0.15) is 5.10 Å². The first-order valence-corrected chi connectivity index (χ1v) is 8.19. The number of rotatable bonds is 7. The maximum absolute atomic E-state index is 12.2. The molecule has 1 amide bonds. The highest BCUT2D eigenvalue weighted by atomic mass is 16.4. The van der Waals surface area contributed by atoms with Gasteiger partial charge in [0, 0.05) is 31.4 Å². The summed E-state index contributed by atoms with van der Waals surface area (Å²) in [5.41, 5.74) is 1.38. The number of carbonyl (C=O) groups excluding carboxylic acids is 1. The van der Waals surface area contributed by atoms with Crippen LogP contribution in [-0.2, 0) is 11.8 Å². The number of aromatic nitrogens is 2. The molecule has 0 unspecified atom stereocenters. The number of hydrogen-bond acceptors (Lipinski definition) is 4. The molecule has 7 nitrogen and oxygen atoms in total. The molecule has 3 rings (SSSR count). The summed E-state index contributed by atoms with van der Waals surface area (Å²) in [7, 11) is 1.81. The molecule has 126 valence electrons. The molecule has 2 saturated carbocycles. The summed E-state index contributed by atoms with van der Waals surface area (Å²) >= 11 is 0. The van der Waals surface area contributed by atoms with E-state index in [4.69, 9.17) is 5.11 Å². The number of carboxylic acids is 1. The van der Waals surface area contributed by atoms with Gasteiger partial charge in [0.25, 0.3) is 5.91 Å². The van der Waals surface area contributed by atoms with Gasteiger partial charge in [-0.1, -0.05) is 0 Å². The minimum absolute atomic E-state index is 0.0985. The van der Waals surface area contributed by atoms with E-state index in [1.807, 2.05) is 14.0 Å². The van der Waals surface area contributed by atoms with Crippen LogP contribution in [0.3, 0.4) is 0 Å². The van der Waals surface area contributed by atoms with Crippen molar-refractivity contribution in [1.29, 1.82) is 0 Å². The van der Waals surface area contributed by atoms with Crippen LogP contribution in [0.5, 0.6) is 0 Å². The molecule has 0 spiro atoms. The lowest BCUT2D eigenvalue weighted by Gasteiger charge is -2.42. The average molecular weight is 320 g/mol. The van der Waals surface area contributed by atoms with Gasteiger partial charge in [-0.25, -0.2) is 0 Å². The zero-order chi connectivity index (χ0) is 16.6. The Morgan fingerprint density at radius 3 is 2.65 bits per heavy atom. The molecule has 0 aliphatic heterocycles. The highest BCUT2D eigenvalue weighted by Crippen LogP contribution is 2.33. The molecule has 2 N–H and O–H groups in total. The van der Waals surface area contributed by atoms with Crippen molar-refractivity contribution < 1.29 is 14.7 Å². The summed E-state index contributed by atoms with van der Waals surface area (Å²) in [4.78, 5) is 25.2. The Hall–Kier alpha value is -1.89. The van der Waals surface area contributed by atoms with E-state index in [1.54, 1.807) is 10.7 Å². The molecule has 0 saturated heterocycles. The topological polar surface area (TPSA) is 87.5 Å². The maximum Gasteiger partial charge on any atom is 0.317 e. The van der Waals surface area contributed by atoms with Crippen molar-refractivity contribution in [2.45, 2.75) is 44.7 Å². The van der Waals surface area contributed by atoms with E-state index in [9.17, 15) is 9.59 Å². The molecule has 2 aliphatic rings. The van der Waals surface area contributed by atoms with Crippen LogP contribution < -0.4 is 5.32 Å². The number of hydrogen-bond donors (Lipinski definition) is 2. The van der Waals surface area contributed by atoms with Crippen molar-refractivity contribution >= 4 is 11.9 Å². The van der Waals surface area contributed by atoms with Gasteiger partial charge in [-0.3, -0.25) is 19.2 Å². The molecule has 23 heavy (non-hydrogen) atoms. The predicted octanol–water partition coefficient (Wildman–Crippen LogP) is 0.786. The summed E-state index contributed by atoms with van der Waals surface area (Å²) in [5, 5.41) is 16.2. The quantitative estimate of drug-likeness (QED) is 0.775. The van der Waals surface area contributed by atoms with Crippen molar-refractivity contribution in [2.24, 2.45) is 13.0 Å². The van der Waals surface area contributed by atoms with Crippen LogP contribution >= 0.6 is 0 Å². The van der Waals surface area contributed by atoms with E-state index in [0.717, 1.165) is 25.1 Å². The van der Waals surface area contributed by atoms with Gasteiger partial charge in [-0.15, -0.1) is 0 Å². The number of aryl methyl sites for hydroxylation is 2. The Labute approximate surface area is 135 Å². The van der Waals surface area contributed by atoms with E-state index in [2.05, 4.69) is 15.3 Å². The lowest BCUT2D eigenvalue weighted by Crippen LogP contribution is -2.55. The Morgan fingerprint density at radius 2 is 2.13 bits per heavy atom. The smallest absolute Gasteiger partial charge is 0.317 e. The highest BCUT2D eigenvalue weighted by molar-refractivity contribution is 5.92. The summed E-state index contributed by atoms with van der Waals surface area (Å²) < 4.78 is 1.68. The van der Waals surface area contributed by atoms with Crippen LogP contribution in [0.4, 0.5) is 0 Å². The van der Waals surface area contributed by atoms with E-state index in [-0.39, 0.29) is 24.5 Å². The second kappa shape index (κ2) is 6.31. The minimum Gasteiger partial charge on any atom is -0.480 e. The van der Waals surface area contributed by atoms with Crippen molar-refractivity contribution in [3.8, 4) is 0 Å². The third kappa shape index (κ3) is 3.90. The van der Waals surface area contributed by atoms with Gasteiger partial charge in [0.15, 0.2) is 0 Å². The molecule has 0 bridgehead atoms. The lowest BCUT2D eigenvalue weighted by atomic mass is 9.85. The molecule has 0 atom stereocenters. The number of aliphatic carboxylic acids is 1. The second-order valence-corrected chi connectivity index (χ2v) is 6.86. The number of amides is 1. The molecule has 7 heteroatoms. The van der Waals surface area contributed by atoms with Crippen molar-refractivity contribution in [1.82, 2.24) is 20.0 Å². The van der Waals surface area contributed by atoms with E-state index >= 15 is 0 Å². The van der Waals surface area contributed by atoms with Crippen molar-refractivity contribution in [3.63, 3.8) is 0 Å². The van der Waals surface area contributed by atoms with Gasteiger partial charge in [0.1, 0.15) is 5.69 Å². The molecule has 1 aromatic heterocycles. The normalized spacial score (nSPS) is 23.6. The number of nitrogens with one attached hydrogen (secondary N) is 1. The van der Waals surface area contributed by atoms with Crippen LogP contribution in [0.25, 0.3) is 0 Å². The van der Waals surface area contributed by atoms with Gasteiger partial charge < -0.3 is 10.4 Å². The number of nitrogens with zero attached hydrogens (tertiary/aromatic N) is 3. The van der Waals surface area contributed by atoms with E-state index in [1.165, 1.54) is 12.8 Å². The van der Waals surface area contributed by atoms with Gasteiger partial charge in [0.05, 0.1) is 6.54 Å². The Bertz CT molecular complexity index is 583. The first-order valence-electron chi connectivity index (χ1n) is 8.19. The average Bonchev–Trinajstić information content (AvgIpc) is 3.17. The number of carbonyl (C=O) groups is 2. The van der Waals surface area contributed by atoms with Crippen LogP contribution in [-0.4, -0.2) is 56.8 Å². The van der Waals surface area contributed by atoms with Crippen LogP contribution in [0.2, 0.25) is 0 Å². The summed E-state index contributed by atoms with van der Waals surface area (Å²) in [5.74, 6) is -0.259. The SMILES string of the molecule is Cc1cc(C(=O)NC2CC(N(CC(=O)O)CC3CC3)C2)nn1C.